The molecular weight excluding hydrogens is 358 g/mol. The summed E-state index contributed by atoms with van der Waals surface area (Å²) in [6, 6.07) is 17.0. The number of hydrogen-bond donors (Lipinski definition) is 1. The summed E-state index contributed by atoms with van der Waals surface area (Å²) in [5.74, 6) is 0. The number of fused-ring (bicyclic) bond motifs is 2. The van der Waals surface area contributed by atoms with Gasteiger partial charge in [-0.15, -0.1) is 0 Å². The number of rotatable bonds is 4. The molecule has 5 rings (SSSR count). The summed E-state index contributed by atoms with van der Waals surface area (Å²) in [6.07, 6.45) is 9.25. The van der Waals surface area contributed by atoms with E-state index in [2.05, 4.69) is 87.5 Å². The number of nitrogens with zero attached hydrogens (tertiary/aromatic N) is 4. The molecule has 0 aliphatic carbocycles. The van der Waals surface area contributed by atoms with Crippen LogP contribution in [0.3, 0.4) is 0 Å². The molecule has 0 bridgehead atoms. The number of pyridine rings is 1. The zero-order chi connectivity index (χ0) is 19.8. The first kappa shape index (κ1) is 17.4. The molecule has 5 aromatic rings. The van der Waals surface area contributed by atoms with Gasteiger partial charge in [-0.2, -0.15) is 0 Å². The fourth-order valence-corrected chi connectivity index (χ4v) is 3.77. The molecule has 0 saturated heterocycles. The largest absolute Gasteiger partial charge is 0.378 e. The van der Waals surface area contributed by atoms with Gasteiger partial charge in [0.25, 0.3) is 0 Å². The van der Waals surface area contributed by atoms with Crippen LogP contribution in [-0.4, -0.2) is 19.5 Å². The number of aromatic nitrogens is 4. The first-order valence-electron chi connectivity index (χ1n) is 9.66. The van der Waals surface area contributed by atoms with Crippen LogP contribution in [0, 0.1) is 0 Å². The van der Waals surface area contributed by atoms with Gasteiger partial charge in [0.05, 0.1) is 17.1 Å². The fraction of sp³-hybridized carbons (Fsp3) is 0.125. The molecule has 1 N–H and O–H groups in total. The van der Waals surface area contributed by atoms with Crippen LogP contribution in [0.15, 0.2) is 79.5 Å². The highest BCUT2D eigenvalue weighted by Gasteiger charge is 2.12. The fourth-order valence-electron chi connectivity index (χ4n) is 3.77. The first-order chi connectivity index (χ1) is 14.2. The second-order valence-electron chi connectivity index (χ2n) is 7.30. The van der Waals surface area contributed by atoms with Gasteiger partial charge in [0.15, 0.2) is 0 Å². The van der Waals surface area contributed by atoms with Crippen molar-refractivity contribution in [2.75, 3.05) is 5.32 Å². The van der Waals surface area contributed by atoms with E-state index in [0.717, 1.165) is 33.4 Å². The number of hydrogen-bond acceptors (Lipinski definition) is 4. The highest BCUT2D eigenvalue weighted by molar-refractivity contribution is 5.97. The molecule has 0 radical (unpaired) electrons. The average molecular weight is 379 g/mol. The number of anilines is 1. The molecule has 0 spiro atoms. The summed E-state index contributed by atoms with van der Waals surface area (Å²) in [5, 5.41) is 4.82. The Bertz CT molecular complexity index is 1310. The van der Waals surface area contributed by atoms with Crippen molar-refractivity contribution in [3.05, 3.63) is 85.1 Å². The van der Waals surface area contributed by atoms with E-state index < -0.39 is 0 Å². The molecule has 5 nitrogen and oxygen atoms in total. The van der Waals surface area contributed by atoms with Crippen molar-refractivity contribution in [3.8, 4) is 11.1 Å². The lowest BCUT2D eigenvalue weighted by atomic mass is 10.0. The van der Waals surface area contributed by atoms with Gasteiger partial charge in [-0.3, -0.25) is 15.0 Å². The Morgan fingerprint density at radius 3 is 2.72 bits per heavy atom. The Labute approximate surface area is 169 Å². The molecule has 2 aromatic carbocycles. The van der Waals surface area contributed by atoms with Gasteiger partial charge in [0.1, 0.15) is 0 Å². The lowest BCUT2D eigenvalue weighted by molar-refractivity contribution is 0.876. The molecule has 0 saturated carbocycles. The standard InChI is InChI=1S/C24H21N5/c1-16(19-4-3-8-25-15-19)28-20-13-21(24-22(14-20)26-9-10-27-24)18-6-5-17-7-11-29(2)23(17)12-18/h3-16,28H,1-2H3. The monoisotopic (exact) mass is 379 g/mol. The molecule has 0 aliphatic heterocycles. The van der Waals surface area contributed by atoms with Crippen LogP contribution < -0.4 is 5.32 Å². The maximum absolute atomic E-state index is 4.62. The van der Waals surface area contributed by atoms with Gasteiger partial charge in [-0.1, -0.05) is 18.2 Å². The predicted octanol–water partition coefficient (Wildman–Crippen LogP) is 5.36. The maximum Gasteiger partial charge on any atom is 0.0966 e. The van der Waals surface area contributed by atoms with Crippen molar-refractivity contribution in [1.29, 1.82) is 0 Å². The van der Waals surface area contributed by atoms with Gasteiger partial charge >= 0.3 is 0 Å². The minimum atomic E-state index is 0.126. The van der Waals surface area contributed by atoms with Crippen LogP contribution in [0.1, 0.15) is 18.5 Å². The van der Waals surface area contributed by atoms with Crippen molar-refractivity contribution in [2.24, 2.45) is 7.05 Å². The molecule has 3 heterocycles. The third-order valence-electron chi connectivity index (χ3n) is 5.34. The zero-order valence-corrected chi connectivity index (χ0v) is 16.4. The number of aryl methyl sites for hydroxylation is 1. The molecule has 0 amide bonds. The molecule has 1 unspecified atom stereocenters. The van der Waals surface area contributed by atoms with Crippen LogP contribution in [0.4, 0.5) is 5.69 Å². The van der Waals surface area contributed by atoms with Crippen molar-refractivity contribution >= 4 is 27.6 Å². The third kappa shape index (κ3) is 3.21. The zero-order valence-electron chi connectivity index (χ0n) is 16.4. The van der Waals surface area contributed by atoms with E-state index in [4.69, 9.17) is 0 Å². The van der Waals surface area contributed by atoms with E-state index in [-0.39, 0.29) is 6.04 Å². The molecule has 0 aliphatic rings. The van der Waals surface area contributed by atoms with Gasteiger partial charge in [0, 0.05) is 54.8 Å². The SMILES string of the molecule is CC(Nc1cc(-c2ccc3ccn(C)c3c2)c2nccnc2c1)c1cccnc1. The van der Waals surface area contributed by atoms with Crippen LogP contribution in [-0.2, 0) is 7.05 Å². The molecule has 1 atom stereocenters. The lowest BCUT2D eigenvalue weighted by Crippen LogP contribution is -2.07. The van der Waals surface area contributed by atoms with Gasteiger partial charge in [0.2, 0.25) is 0 Å². The highest BCUT2D eigenvalue weighted by Crippen LogP contribution is 2.33. The van der Waals surface area contributed by atoms with Crippen molar-refractivity contribution < 1.29 is 0 Å². The van der Waals surface area contributed by atoms with E-state index in [9.17, 15) is 0 Å². The molecule has 0 fully saturated rings. The lowest BCUT2D eigenvalue weighted by Gasteiger charge is -2.17. The van der Waals surface area contributed by atoms with E-state index in [1.165, 1.54) is 10.9 Å². The van der Waals surface area contributed by atoms with Crippen molar-refractivity contribution in [1.82, 2.24) is 19.5 Å². The van der Waals surface area contributed by atoms with Crippen LogP contribution >= 0.6 is 0 Å². The van der Waals surface area contributed by atoms with Gasteiger partial charge < -0.3 is 9.88 Å². The van der Waals surface area contributed by atoms with Crippen LogP contribution in [0.25, 0.3) is 33.1 Å². The molecular formula is C24H21N5. The number of nitrogens with one attached hydrogen (secondary N) is 1. The van der Waals surface area contributed by atoms with E-state index in [0.29, 0.717) is 0 Å². The Morgan fingerprint density at radius 1 is 0.966 bits per heavy atom. The third-order valence-corrected chi connectivity index (χ3v) is 5.34. The predicted molar refractivity (Wildman–Crippen MR) is 118 cm³/mol. The van der Waals surface area contributed by atoms with Crippen LogP contribution in [0.2, 0.25) is 0 Å². The highest BCUT2D eigenvalue weighted by atomic mass is 14.9. The number of benzene rings is 2. The van der Waals surface area contributed by atoms with Crippen LogP contribution in [0.5, 0.6) is 0 Å². The van der Waals surface area contributed by atoms with Crippen molar-refractivity contribution in [3.63, 3.8) is 0 Å². The van der Waals surface area contributed by atoms with Gasteiger partial charge in [-0.05, 0) is 53.8 Å². The summed E-state index contributed by atoms with van der Waals surface area (Å²) >= 11 is 0. The van der Waals surface area contributed by atoms with Crippen molar-refractivity contribution in [2.45, 2.75) is 13.0 Å². The summed E-state index contributed by atoms with van der Waals surface area (Å²) in [4.78, 5) is 13.4. The second-order valence-corrected chi connectivity index (χ2v) is 7.30. The summed E-state index contributed by atoms with van der Waals surface area (Å²) in [7, 11) is 2.07. The topological polar surface area (TPSA) is 55.6 Å². The molecule has 29 heavy (non-hydrogen) atoms. The molecule has 3 aromatic heterocycles. The van der Waals surface area contributed by atoms with E-state index in [1.807, 2.05) is 12.3 Å². The molecule has 5 heteroatoms. The minimum absolute atomic E-state index is 0.126. The Balaban J connectivity index is 1.63. The first-order valence-corrected chi connectivity index (χ1v) is 9.66. The quantitative estimate of drug-likeness (QED) is 0.457. The second kappa shape index (κ2) is 7.02. The molecule has 142 valence electrons. The normalized spacial score (nSPS) is 12.3. The summed E-state index contributed by atoms with van der Waals surface area (Å²) in [6.45, 7) is 2.13. The van der Waals surface area contributed by atoms with E-state index in [1.54, 1.807) is 18.6 Å². The summed E-state index contributed by atoms with van der Waals surface area (Å²) < 4.78 is 2.14. The maximum atomic E-state index is 4.62. The van der Waals surface area contributed by atoms with Gasteiger partial charge in [-0.25, -0.2) is 0 Å². The Hall–Kier alpha value is -3.73. The minimum Gasteiger partial charge on any atom is -0.378 e. The summed E-state index contributed by atoms with van der Waals surface area (Å²) in [5.41, 5.74) is 7.32. The average Bonchev–Trinajstić information content (AvgIpc) is 3.14. The van der Waals surface area contributed by atoms with E-state index >= 15 is 0 Å². The Kier molecular flexibility index (Phi) is 4.21. The smallest absolute Gasteiger partial charge is 0.0966 e. The Morgan fingerprint density at radius 2 is 1.86 bits per heavy atom.